The van der Waals surface area contributed by atoms with Crippen LogP contribution in [0.4, 0.5) is 5.69 Å². The molecule has 1 aromatic carbocycles. The molecule has 0 amide bonds. The van der Waals surface area contributed by atoms with Crippen LogP contribution in [0.15, 0.2) is 48.1 Å². The van der Waals surface area contributed by atoms with E-state index in [-0.39, 0.29) is 0 Å². The lowest BCUT2D eigenvalue weighted by molar-refractivity contribution is 0.318. The quantitative estimate of drug-likeness (QED) is 0.346. The highest BCUT2D eigenvalue weighted by atomic mass is 16.4. The third-order valence-electron chi connectivity index (χ3n) is 2.06. The van der Waals surface area contributed by atoms with E-state index in [0.717, 1.165) is 12.2 Å². The first kappa shape index (κ1) is 11.3. The van der Waals surface area contributed by atoms with Crippen molar-refractivity contribution in [3.8, 4) is 0 Å². The summed E-state index contributed by atoms with van der Waals surface area (Å²) >= 11 is 0. The van der Waals surface area contributed by atoms with Crippen LogP contribution in [-0.2, 0) is 0 Å². The van der Waals surface area contributed by atoms with E-state index in [1.165, 1.54) is 0 Å². The lowest BCUT2D eigenvalue weighted by atomic mass is 10.2. The van der Waals surface area contributed by atoms with Crippen molar-refractivity contribution in [1.82, 2.24) is 0 Å². The van der Waals surface area contributed by atoms with Gasteiger partial charge in [-0.2, -0.15) is 0 Å². The maximum atomic E-state index is 8.63. The Morgan fingerprint density at radius 1 is 1.47 bits per heavy atom. The van der Waals surface area contributed by atoms with Gasteiger partial charge < -0.3 is 10.1 Å². The molecule has 1 N–H and O–H groups in total. The minimum Gasteiger partial charge on any atom is -0.411 e. The van der Waals surface area contributed by atoms with Crippen molar-refractivity contribution in [1.29, 1.82) is 0 Å². The van der Waals surface area contributed by atoms with Crippen molar-refractivity contribution in [2.75, 3.05) is 18.0 Å². The molecule has 3 heteroatoms. The number of para-hydroxylation sites is 1. The lowest BCUT2D eigenvalue weighted by Gasteiger charge is -2.22. The standard InChI is InChI=1S/C12H16N2O/c1-3-9-14(10-11(2)13-15)12-7-5-4-6-8-12/h3-8,15H,1,9-10H2,2H3/b13-11+. The highest BCUT2D eigenvalue weighted by Crippen LogP contribution is 2.12. The first-order valence-corrected chi connectivity index (χ1v) is 4.86. The Morgan fingerprint density at radius 2 is 2.13 bits per heavy atom. The number of benzene rings is 1. The van der Waals surface area contributed by atoms with Crippen LogP contribution in [0.3, 0.4) is 0 Å². The van der Waals surface area contributed by atoms with Gasteiger partial charge in [-0.25, -0.2) is 0 Å². The van der Waals surface area contributed by atoms with Crippen LogP contribution in [0.2, 0.25) is 0 Å². The molecule has 0 saturated carbocycles. The van der Waals surface area contributed by atoms with Gasteiger partial charge in [-0.05, 0) is 19.1 Å². The van der Waals surface area contributed by atoms with E-state index in [0.29, 0.717) is 12.3 Å². The van der Waals surface area contributed by atoms with Crippen LogP contribution in [0.1, 0.15) is 6.92 Å². The van der Waals surface area contributed by atoms with Gasteiger partial charge >= 0.3 is 0 Å². The summed E-state index contributed by atoms with van der Waals surface area (Å²) in [5, 5.41) is 11.8. The number of nitrogens with zero attached hydrogens (tertiary/aromatic N) is 2. The van der Waals surface area contributed by atoms with E-state index >= 15 is 0 Å². The molecular weight excluding hydrogens is 188 g/mol. The van der Waals surface area contributed by atoms with E-state index in [1.54, 1.807) is 6.92 Å². The Balaban J connectivity index is 2.78. The maximum Gasteiger partial charge on any atom is 0.0732 e. The van der Waals surface area contributed by atoms with E-state index in [1.807, 2.05) is 36.4 Å². The van der Waals surface area contributed by atoms with E-state index in [4.69, 9.17) is 5.21 Å². The molecule has 15 heavy (non-hydrogen) atoms. The zero-order valence-electron chi connectivity index (χ0n) is 8.93. The fourth-order valence-corrected chi connectivity index (χ4v) is 1.36. The molecule has 0 radical (unpaired) electrons. The molecule has 1 aromatic rings. The van der Waals surface area contributed by atoms with Crippen LogP contribution >= 0.6 is 0 Å². The summed E-state index contributed by atoms with van der Waals surface area (Å²) in [6, 6.07) is 9.98. The molecular formula is C12H16N2O. The lowest BCUT2D eigenvalue weighted by Crippen LogP contribution is -2.28. The molecule has 0 heterocycles. The second-order valence-corrected chi connectivity index (χ2v) is 3.34. The number of oxime groups is 1. The maximum absolute atomic E-state index is 8.63. The van der Waals surface area contributed by atoms with Crippen LogP contribution in [-0.4, -0.2) is 24.0 Å². The molecule has 80 valence electrons. The average molecular weight is 204 g/mol. The largest absolute Gasteiger partial charge is 0.411 e. The molecule has 0 aliphatic heterocycles. The highest BCUT2D eigenvalue weighted by molar-refractivity contribution is 5.86. The molecule has 1 rings (SSSR count). The Kier molecular flexibility index (Phi) is 4.41. The summed E-state index contributed by atoms with van der Waals surface area (Å²) < 4.78 is 0. The van der Waals surface area contributed by atoms with Gasteiger partial charge in [0, 0.05) is 12.2 Å². The van der Waals surface area contributed by atoms with Crippen LogP contribution in [0.5, 0.6) is 0 Å². The number of anilines is 1. The smallest absolute Gasteiger partial charge is 0.0732 e. The Morgan fingerprint density at radius 3 is 2.67 bits per heavy atom. The summed E-state index contributed by atoms with van der Waals surface area (Å²) in [6.07, 6.45) is 1.83. The number of rotatable bonds is 5. The van der Waals surface area contributed by atoms with Gasteiger partial charge in [0.15, 0.2) is 0 Å². The van der Waals surface area contributed by atoms with Gasteiger partial charge in [-0.3, -0.25) is 0 Å². The average Bonchev–Trinajstić information content (AvgIpc) is 2.29. The Bertz CT molecular complexity index is 333. The van der Waals surface area contributed by atoms with Gasteiger partial charge in [0.25, 0.3) is 0 Å². The minimum atomic E-state index is 0.604. The van der Waals surface area contributed by atoms with Crippen molar-refractivity contribution in [3.05, 3.63) is 43.0 Å². The predicted molar refractivity (Wildman–Crippen MR) is 63.7 cm³/mol. The first-order chi connectivity index (χ1) is 7.27. The molecule has 0 aliphatic rings. The molecule has 0 saturated heterocycles. The van der Waals surface area contributed by atoms with Gasteiger partial charge in [-0.15, -0.1) is 6.58 Å². The van der Waals surface area contributed by atoms with Crippen molar-refractivity contribution in [2.45, 2.75) is 6.92 Å². The van der Waals surface area contributed by atoms with Crippen molar-refractivity contribution >= 4 is 11.4 Å². The SMILES string of the molecule is C=CCN(C/C(C)=N/O)c1ccccc1. The zero-order chi connectivity index (χ0) is 11.1. The summed E-state index contributed by atoms with van der Waals surface area (Å²) in [5.74, 6) is 0. The second kappa shape index (κ2) is 5.86. The van der Waals surface area contributed by atoms with Crippen LogP contribution in [0, 0.1) is 0 Å². The number of hydrogen-bond donors (Lipinski definition) is 1. The molecule has 0 atom stereocenters. The highest BCUT2D eigenvalue weighted by Gasteiger charge is 2.05. The molecule has 0 bridgehead atoms. The van der Waals surface area contributed by atoms with E-state index in [9.17, 15) is 0 Å². The Hall–Kier alpha value is -1.77. The second-order valence-electron chi connectivity index (χ2n) is 3.34. The third kappa shape index (κ3) is 3.46. The van der Waals surface area contributed by atoms with Crippen LogP contribution < -0.4 is 4.90 Å². The van der Waals surface area contributed by atoms with Crippen molar-refractivity contribution in [2.24, 2.45) is 5.16 Å². The minimum absolute atomic E-state index is 0.604. The summed E-state index contributed by atoms with van der Waals surface area (Å²) in [5.41, 5.74) is 1.78. The summed E-state index contributed by atoms with van der Waals surface area (Å²) in [7, 11) is 0. The van der Waals surface area contributed by atoms with Gasteiger partial charge in [0.1, 0.15) is 0 Å². The van der Waals surface area contributed by atoms with Crippen molar-refractivity contribution in [3.63, 3.8) is 0 Å². The topological polar surface area (TPSA) is 35.8 Å². The van der Waals surface area contributed by atoms with Crippen molar-refractivity contribution < 1.29 is 5.21 Å². The molecule has 0 aromatic heterocycles. The summed E-state index contributed by atoms with van der Waals surface area (Å²) in [4.78, 5) is 2.09. The third-order valence-corrected chi connectivity index (χ3v) is 2.06. The summed E-state index contributed by atoms with van der Waals surface area (Å²) in [6.45, 7) is 6.84. The molecule has 0 aliphatic carbocycles. The first-order valence-electron chi connectivity index (χ1n) is 4.86. The molecule has 0 unspecified atom stereocenters. The van der Waals surface area contributed by atoms with Gasteiger partial charge in [0.05, 0.1) is 12.3 Å². The van der Waals surface area contributed by atoms with Crippen LogP contribution in [0.25, 0.3) is 0 Å². The van der Waals surface area contributed by atoms with E-state index < -0.39 is 0 Å². The fraction of sp³-hybridized carbons (Fsp3) is 0.250. The monoisotopic (exact) mass is 204 g/mol. The normalized spacial score (nSPS) is 11.1. The van der Waals surface area contributed by atoms with Gasteiger partial charge in [0.2, 0.25) is 0 Å². The number of hydrogen-bond acceptors (Lipinski definition) is 3. The molecule has 0 fully saturated rings. The molecule has 3 nitrogen and oxygen atoms in total. The fourth-order valence-electron chi connectivity index (χ4n) is 1.36. The van der Waals surface area contributed by atoms with Gasteiger partial charge in [-0.1, -0.05) is 29.4 Å². The molecule has 0 spiro atoms. The predicted octanol–water partition coefficient (Wildman–Crippen LogP) is 2.53. The van der Waals surface area contributed by atoms with E-state index in [2.05, 4.69) is 16.6 Å². The Labute approximate surface area is 90.3 Å². The zero-order valence-corrected chi connectivity index (χ0v) is 8.93.